The van der Waals surface area contributed by atoms with Gasteiger partial charge in [0, 0.05) is 22.3 Å². The Morgan fingerprint density at radius 3 is 1.80 bits per heavy atom. The van der Waals surface area contributed by atoms with E-state index in [2.05, 4.69) is 49.4 Å². The fourth-order valence-corrected chi connectivity index (χ4v) is 9.37. The number of hydrogen-bond acceptors (Lipinski definition) is 17. The van der Waals surface area contributed by atoms with E-state index in [0.29, 0.717) is 11.1 Å². The molecular formula is C28H24N10O9S4. The number of fused-ring (bicyclic) bond motifs is 2. The molecule has 4 aliphatic rings. The topological polar surface area (TPSA) is 282 Å². The summed E-state index contributed by atoms with van der Waals surface area (Å²) in [6, 6.07) is -2.19. The van der Waals surface area contributed by atoms with Crippen molar-refractivity contribution in [2.24, 2.45) is 10.3 Å². The summed E-state index contributed by atoms with van der Waals surface area (Å²) in [7, 11) is 0. The van der Waals surface area contributed by atoms with Gasteiger partial charge in [-0.25, -0.2) is 14.8 Å². The van der Waals surface area contributed by atoms with Crippen LogP contribution in [-0.2, 0) is 28.8 Å². The van der Waals surface area contributed by atoms with Gasteiger partial charge >= 0.3 is 5.97 Å². The number of amides is 5. The first kappa shape index (κ1) is 35.3. The molecule has 19 nitrogen and oxygen atoms in total. The van der Waals surface area contributed by atoms with Crippen LogP contribution in [0.4, 0.5) is 10.3 Å². The second-order valence-corrected chi connectivity index (χ2v) is 14.6. The average molecular weight is 773 g/mol. The third-order valence-electron chi connectivity index (χ3n) is 7.84. The van der Waals surface area contributed by atoms with Gasteiger partial charge in [-0.1, -0.05) is 35.6 Å². The molecule has 264 valence electrons. The zero-order valence-corrected chi connectivity index (χ0v) is 28.9. The highest BCUT2D eigenvalue weighted by Gasteiger charge is 2.55. The van der Waals surface area contributed by atoms with Crippen LogP contribution in [0.1, 0.15) is 11.4 Å². The lowest BCUT2D eigenvalue weighted by Gasteiger charge is -2.49. The number of carboxylic acid groups (broad SMARTS) is 1. The number of thiazole rings is 2. The Kier molecular flexibility index (Phi) is 9.70. The summed E-state index contributed by atoms with van der Waals surface area (Å²) in [5, 5.41) is 43.6. The number of allylic oxidation sites excluding steroid dienone is 2. The van der Waals surface area contributed by atoms with Crippen LogP contribution in [0, 0.1) is 0 Å². The Hall–Kier alpha value is -5.52. The standard InChI is InChI=1S/C28H24N10O9S4/c1-3-9-5-48-24-15(32-19(39)13(35-46)11-7-50-27(29)30-11)22(42)37(24)17(9)21(41)34-28-31-12(8-51-28)14(36-47)20(40)33-16-23(43)38-18(26(44)45)10(4-2)6-49-25(16)38/h3-4,7-8,15-16,24-25,46-47H,1-2,5-6H2,(H2,29,30)(H,32,39)(H,33,40)(H,44,45)(H,31,34,41)/b35-13-,36-14-/t15-,16-,24-,25-/m1/s1. The van der Waals surface area contributed by atoms with Crippen molar-refractivity contribution in [3.05, 3.63) is 70.0 Å². The Labute approximate surface area is 302 Å². The number of carbonyl (C=O) groups excluding carboxylic acids is 5. The molecule has 23 heteroatoms. The van der Waals surface area contributed by atoms with Gasteiger partial charge in [-0.3, -0.25) is 39.1 Å². The maximum Gasteiger partial charge on any atom is 0.352 e. The first-order chi connectivity index (χ1) is 24.4. The molecule has 0 bridgehead atoms. The number of nitrogens with two attached hydrogens (primary N) is 1. The van der Waals surface area contributed by atoms with Gasteiger partial charge in [0.2, 0.25) is 0 Å². The summed E-state index contributed by atoms with van der Waals surface area (Å²) in [6.07, 6.45) is 2.77. The lowest BCUT2D eigenvalue weighted by atomic mass is 10.0. The molecule has 0 aromatic carbocycles. The molecule has 0 spiro atoms. The normalized spacial score (nSPS) is 23.1. The van der Waals surface area contributed by atoms with Crippen molar-refractivity contribution in [2.75, 3.05) is 22.6 Å². The van der Waals surface area contributed by atoms with E-state index in [9.17, 15) is 44.3 Å². The summed E-state index contributed by atoms with van der Waals surface area (Å²) >= 11 is 4.38. The van der Waals surface area contributed by atoms with Crippen molar-refractivity contribution in [1.82, 2.24) is 30.4 Å². The molecule has 0 radical (unpaired) electrons. The fourth-order valence-electron chi connectivity index (χ4n) is 5.45. The van der Waals surface area contributed by atoms with Gasteiger partial charge in [-0.15, -0.1) is 46.2 Å². The van der Waals surface area contributed by atoms with Crippen molar-refractivity contribution < 1.29 is 44.3 Å². The zero-order chi connectivity index (χ0) is 36.7. The van der Waals surface area contributed by atoms with E-state index >= 15 is 0 Å². The minimum absolute atomic E-state index is 0.0153. The van der Waals surface area contributed by atoms with E-state index in [4.69, 9.17) is 5.73 Å². The number of carbonyl (C=O) groups is 6. The number of β-lactam (4-membered cyclic amide) rings is 2. The monoisotopic (exact) mass is 772 g/mol. The summed E-state index contributed by atoms with van der Waals surface area (Å²) in [5.74, 6) is -4.75. The highest BCUT2D eigenvalue weighted by molar-refractivity contribution is 8.00. The maximum atomic E-state index is 13.5. The molecule has 51 heavy (non-hydrogen) atoms. The van der Waals surface area contributed by atoms with Crippen molar-refractivity contribution >= 4 is 103 Å². The molecule has 2 fully saturated rings. The number of rotatable bonds is 11. The number of nitrogens with zero attached hydrogens (tertiary/aromatic N) is 6. The minimum Gasteiger partial charge on any atom is -0.477 e. The second-order valence-electron chi connectivity index (χ2n) is 10.6. The number of anilines is 2. The molecular weight excluding hydrogens is 749 g/mol. The molecule has 0 saturated carbocycles. The molecule has 4 aliphatic heterocycles. The van der Waals surface area contributed by atoms with Gasteiger partial charge in [0.15, 0.2) is 21.7 Å². The van der Waals surface area contributed by atoms with E-state index in [1.165, 1.54) is 51.3 Å². The van der Waals surface area contributed by atoms with Gasteiger partial charge < -0.3 is 31.9 Å². The lowest BCUT2D eigenvalue weighted by molar-refractivity contribution is -0.150. The number of hydrogen-bond donors (Lipinski definition) is 7. The molecule has 2 saturated heterocycles. The van der Waals surface area contributed by atoms with Crippen molar-refractivity contribution in [3.63, 3.8) is 0 Å². The number of nitrogens with one attached hydrogen (secondary N) is 3. The molecule has 2 aromatic heterocycles. The van der Waals surface area contributed by atoms with Crippen LogP contribution in [0.25, 0.3) is 0 Å². The average Bonchev–Trinajstić information content (AvgIpc) is 3.76. The van der Waals surface area contributed by atoms with Crippen LogP contribution >= 0.6 is 46.2 Å². The van der Waals surface area contributed by atoms with Gasteiger partial charge in [-0.05, 0) is 11.1 Å². The lowest BCUT2D eigenvalue weighted by Crippen LogP contribution is -2.71. The largest absolute Gasteiger partial charge is 0.477 e. The third-order valence-corrected chi connectivity index (χ3v) is 11.9. The van der Waals surface area contributed by atoms with E-state index in [-0.39, 0.29) is 44.6 Å². The zero-order valence-electron chi connectivity index (χ0n) is 25.6. The summed E-state index contributed by atoms with van der Waals surface area (Å²) in [4.78, 5) is 87.7. The first-order valence-electron chi connectivity index (χ1n) is 14.3. The number of aromatic nitrogens is 2. The van der Waals surface area contributed by atoms with E-state index < -0.39 is 69.8 Å². The second kappa shape index (κ2) is 14.0. The third kappa shape index (κ3) is 6.12. The summed E-state index contributed by atoms with van der Waals surface area (Å²) in [5.41, 5.74) is 4.93. The van der Waals surface area contributed by atoms with Crippen LogP contribution in [-0.4, -0.2) is 117 Å². The van der Waals surface area contributed by atoms with Crippen LogP contribution < -0.4 is 21.7 Å². The highest BCUT2D eigenvalue weighted by atomic mass is 32.2. The predicted molar refractivity (Wildman–Crippen MR) is 186 cm³/mol. The molecule has 0 aliphatic carbocycles. The van der Waals surface area contributed by atoms with E-state index in [0.717, 1.165) is 27.6 Å². The van der Waals surface area contributed by atoms with Crippen LogP contribution in [0.2, 0.25) is 0 Å². The molecule has 5 amide bonds. The maximum absolute atomic E-state index is 13.5. The SMILES string of the molecule is C=CC1=C(C(=O)O)N2C(=O)[C@@H](NC(=O)/C(=N\O)c3csc(NC(=O)C4=C(C=C)CS[C@@H]5[C@H](NC(=O)/C(=N\O)c6csc(N)n6)C(=O)N45)n3)[C@H]2SC1. The molecule has 6 rings (SSSR count). The number of thioether (sulfide) groups is 2. The molecule has 6 heterocycles. The van der Waals surface area contributed by atoms with Crippen molar-refractivity contribution in [1.29, 1.82) is 0 Å². The smallest absolute Gasteiger partial charge is 0.352 e. The molecule has 4 atom stereocenters. The van der Waals surface area contributed by atoms with Gasteiger partial charge in [0.1, 0.15) is 45.6 Å². The predicted octanol–water partition coefficient (Wildman–Crippen LogP) is -0.0583. The Morgan fingerprint density at radius 1 is 0.843 bits per heavy atom. The first-order valence-corrected chi connectivity index (χ1v) is 18.2. The van der Waals surface area contributed by atoms with Crippen LogP contribution in [0.5, 0.6) is 0 Å². The Morgan fingerprint density at radius 2 is 1.33 bits per heavy atom. The summed E-state index contributed by atoms with van der Waals surface area (Å²) < 4.78 is 0. The molecule has 2 aromatic rings. The van der Waals surface area contributed by atoms with Crippen molar-refractivity contribution in [3.8, 4) is 0 Å². The minimum atomic E-state index is -1.31. The Balaban J connectivity index is 1.11. The van der Waals surface area contributed by atoms with E-state index in [1.807, 2.05) is 0 Å². The van der Waals surface area contributed by atoms with Crippen molar-refractivity contribution in [2.45, 2.75) is 22.8 Å². The van der Waals surface area contributed by atoms with Crippen LogP contribution in [0.3, 0.4) is 0 Å². The van der Waals surface area contributed by atoms with Gasteiger partial charge in [0.05, 0.1) is 0 Å². The number of oxime groups is 2. The molecule has 0 unspecified atom stereocenters. The van der Waals surface area contributed by atoms with Crippen LogP contribution in [0.15, 0.2) is 68.9 Å². The number of nitrogen functional groups attached to an aromatic ring is 1. The summed E-state index contributed by atoms with van der Waals surface area (Å²) in [6.45, 7) is 7.32. The Bertz CT molecular complexity index is 2050. The number of aliphatic carboxylic acids is 1. The highest BCUT2D eigenvalue weighted by Crippen LogP contribution is 2.42. The van der Waals surface area contributed by atoms with Gasteiger partial charge in [0.25, 0.3) is 29.5 Å². The van der Waals surface area contributed by atoms with Gasteiger partial charge in [-0.2, -0.15) is 0 Å². The molecule has 8 N–H and O–H groups in total. The fraction of sp³-hybridized carbons (Fsp3) is 0.214. The number of carboxylic acids is 1. The quantitative estimate of drug-likeness (QED) is 0.0682. The van der Waals surface area contributed by atoms with E-state index in [1.54, 1.807) is 0 Å².